The number of carbonyl (C=O) groups excluding carboxylic acids is 2. The lowest BCUT2D eigenvalue weighted by Gasteiger charge is -2.31. The molecule has 1 aliphatic rings. The summed E-state index contributed by atoms with van der Waals surface area (Å²) in [7, 11) is 0. The number of anilines is 1. The lowest BCUT2D eigenvalue weighted by atomic mass is 9.97. The van der Waals surface area contributed by atoms with Gasteiger partial charge in [0.15, 0.2) is 0 Å². The van der Waals surface area contributed by atoms with Crippen LogP contribution in [0.2, 0.25) is 0 Å². The second-order valence-electron chi connectivity index (χ2n) is 7.88. The van der Waals surface area contributed by atoms with Crippen molar-refractivity contribution in [1.29, 1.82) is 0 Å². The number of nitrogens with zero attached hydrogens (tertiary/aromatic N) is 2. The first-order valence-electron chi connectivity index (χ1n) is 10.3. The van der Waals surface area contributed by atoms with Gasteiger partial charge in [-0.2, -0.15) is 0 Å². The predicted molar refractivity (Wildman–Crippen MR) is 113 cm³/mol. The minimum atomic E-state index is -0.216. The number of urea groups is 1. The van der Waals surface area contributed by atoms with Gasteiger partial charge in [0.05, 0.1) is 18.2 Å². The Labute approximate surface area is 170 Å². The number of ether oxygens (including phenoxy) is 1. The highest BCUT2D eigenvalue weighted by atomic mass is 16.5. The smallest absolute Gasteiger partial charge is 0.321 e. The highest BCUT2D eigenvalue weighted by molar-refractivity contribution is 6.01. The molecule has 1 aliphatic heterocycles. The van der Waals surface area contributed by atoms with Gasteiger partial charge in [-0.05, 0) is 31.7 Å². The Hall–Kier alpha value is -2.83. The van der Waals surface area contributed by atoms with Crippen LogP contribution in [-0.2, 0) is 16.1 Å². The number of pyridine rings is 1. The Morgan fingerprint density at radius 1 is 1.17 bits per heavy atom. The summed E-state index contributed by atoms with van der Waals surface area (Å²) in [4.78, 5) is 39.2. The van der Waals surface area contributed by atoms with Crippen molar-refractivity contribution in [2.24, 2.45) is 11.8 Å². The van der Waals surface area contributed by atoms with Crippen LogP contribution in [0.25, 0.3) is 10.8 Å². The molecule has 0 unspecified atom stereocenters. The topological polar surface area (TPSA) is 80.6 Å². The molecule has 1 aromatic heterocycles. The van der Waals surface area contributed by atoms with E-state index >= 15 is 0 Å². The van der Waals surface area contributed by atoms with E-state index in [1.54, 1.807) is 28.7 Å². The van der Waals surface area contributed by atoms with Gasteiger partial charge in [0, 0.05) is 36.6 Å². The van der Waals surface area contributed by atoms with E-state index in [1.165, 1.54) is 0 Å². The third kappa shape index (κ3) is 4.78. The zero-order valence-electron chi connectivity index (χ0n) is 17.3. The molecule has 1 N–H and O–H groups in total. The minimum Gasteiger partial charge on any atom is -0.466 e. The average Bonchev–Trinajstić information content (AvgIpc) is 2.71. The van der Waals surface area contributed by atoms with Crippen molar-refractivity contribution in [3.05, 3.63) is 40.8 Å². The van der Waals surface area contributed by atoms with Crippen LogP contribution in [-0.4, -0.2) is 41.2 Å². The normalized spacial score (nSPS) is 15.0. The van der Waals surface area contributed by atoms with E-state index in [-0.39, 0.29) is 23.5 Å². The first-order chi connectivity index (χ1) is 13.9. The Morgan fingerprint density at radius 3 is 2.45 bits per heavy atom. The zero-order chi connectivity index (χ0) is 21.0. The van der Waals surface area contributed by atoms with Crippen molar-refractivity contribution in [2.45, 2.75) is 40.2 Å². The van der Waals surface area contributed by atoms with Gasteiger partial charge in [-0.25, -0.2) is 4.79 Å². The molecule has 1 saturated heterocycles. The van der Waals surface area contributed by atoms with Crippen molar-refractivity contribution < 1.29 is 14.3 Å². The molecule has 0 bridgehead atoms. The molecule has 29 heavy (non-hydrogen) atoms. The molecule has 0 atom stereocenters. The number of hydrogen-bond acceptors (Lipinski definition) is 4. The number of piperidine rings is 1. The summed E-state index contributed by atoms with van der Waals surface area (Å²) in [5, 5.41) is 4.29. The summed E-state index contributed by atoms with van der Waals surface area (Å²) in [6.45, 7) is 7.85. The molecule has 0 aliphatic carbocycles. The molecule has 156 valence electrons. The van der Waals surface area contributed by atoms with Crippen LogP contribution >= 0.6 is 0 Å². The Balaban J connectivity index is 1.78. The van der Waals surface area contributed by atoms with E-state index in [2.05, 4.69) is 5.32 Å². The number of amides is 2. The molecule has 7 nitrogen and oxygen atoms in total. The first kappa shape index (κ1) is 20.9. The lowest BCUT2D eigenvalue weighted by molar-refractivity contribution is -0.149. The number of fused-ring (bicyclic) bond motifs is 1. The molecule has 2 aromatic rings. The van der Waals surface area contributed by atoms with Crippen molar-refractivity contribution in [2.75, 3.05) is 25.0 Å². The van der Waals surface area contributed by atoms with Crippen LogP contribution in [0.1, 0.15) is 33.6 Å². The van der Waals surface area contributed by atoms with Crippen molar-refractivity contribution in [3.8, 4) is 0 Å². The predicted octanol–water partition coefficient (Wildman–Crippen LogP) is 3.46. The maximum absolute atomic E-state index is 12.8. The summed E-state index contributed by atoms with van der Waals surface area (Å²) in [5.41, 5.74) is 0.570. The molecule has 0 saturated carbocycles. The third-order valence-corrected chi connectivity index (χ3v) is 5.20. The molecule has 2 amide bonds. The number of carbonyl (C=O) groups is 2. The van der Waals surface area contributed by atoms with Crippen LogP contribution in [0.3, 0.4) is 0 Å². The fourth-order valence-electron chi connectivity index (χ4n) is 3.74. The summed E-state index contributed by atoms with van der Waals surface area (Å²) in [6, 6.07) is 7.10. The fourth-order valence-corrected chi connectivity index (χ4v) is 3.74. The lowest BCUT2D eigenvalue weighted by Crippen LogP contribution is -2.43. The van der Waals surface area contributed by atoms with Gasteiger partial charge in [-0.3, -0.25) is 9.59 Å². The van der Waals surface area contributed by atoms with E-state index in [4.69, 9.17) is 4.74 Å². The summed E-state index contributed by atoms with van der Waals surface area (Å²) >= 11 is 0. The number of esters is 1. The largest absolute Gasteiger partial charge is 0.466 e. The number of nitrogens with one attached hydrogen (secondary N) is 1. The van der Waals surface area contributed by atoms with Gasteiger partial charge in [0.2, 0.25) is 0 Å². The number of likely N-dealkylation sites (tertiary alicyclic amines) is 1. The van der Waals surface area contributed by atoms with Crippen LogP contribution in [0.4, 0.5) is 10.5 Å². The molecular formula is C22H29N3O4. The molecule has 1 aromatic carbocycles. The third-order valence-electron chi connectivity index (χ3n) is 5.20. The molecule has 1 fully saturated rings. The van der Waals surface area contributed by atoms with Crippen LogP contribution in [0.15, 0.2) is 35.3 Å². The first-order valence-corrected chi connectivity index (χ1v) is 10.3. The van der Waals surface area contributed by atoms with Crippen molar-refractivity contribution in [3.63, 3.8) is 0 Å². The Morgan fingerprint density at radius 2 is 1.83 bits per heavy atom. The Bertz CT molecular complexity index is 943. The Kier molecular flexibility index (Phi) is 6.56. The van der Waals surface area contributed by atoms with Gasteiger partial charge >= 0.3 is 12.0 Å². The average molecular weight is 399 g/mol. The van der Waals surface area contributed by atoms with Crippen molar-refractivity contribution >= 4 is 28.5 Å². The fraction of sp³-hybridized carbons (Fsp3) is 0.500. The van der Waals surface area contributed by atoms with E-state index < -0.39 is 0 Å². The molecule has 0 radical (unpaired) electrons. The zero-order valence-corrected chi connectivity index (χ0v) is 17.3. The minimum absolute atomic E-state index is 0.0532. The molecule has 7 heteroatoms. The van der Waals surface area contributed by atoms with Gasteiger partial charge in [0.1, 0.15) is 0 Å². The molecule has 3 rings (SSSR count). The highest BCUT2D eigenvalue weighted by Gasteiger charge is 2.28. The van der Waals surface area contributed by atoms with Gasteiger partial charge in [0.25, 0.3) is 5.56 Å². The van der Waals surface area contributed by atoms with E-state index in [0.29, 0.717) is 56.1 Å². The maximum atomic E-state index is 12.8. The van der Waals surface area contributed by atoms with Crippen LogP contribution < -0.4 is 10.9 Å². The van der Waals surface area contributed by atoms with E-state index in [1.807, 2.05) is 32.0 Å². The monoisotopic (exact) mass is 399 g/mol. The van der Waals surface area contributed by atoms with E-state index in [0.717, 1.165) is 5.39 Å². The van der Waals surface area contributed by atoms with E-state index in [9.17, 15) is 14.4 Å². The highest BCUT2D eigenvalue weighted by Crippen LogP contribution is 2.23. The van der Waals surface area contributed by atoms with Crippen LogP contribution in [0, 0.1) is 11.8 Å². The summed E-state index contributed by atoms with van der Waals surface area (Å²) in [5.74, 6) is -0.0218. The molecule has 0 spiro atoms. The number of aromatic nitrogens is 1. The van der Waals surface area contributed by atoms with Gasteiger partial charge in [-0.1, -0.05) is 32.0 Å². The second-order valence-corrected chi connectivity index (χ2v) is 7.88. The number of hydrogen-bond donors (Lipinski definition) is 1. The molecule has 2 heterocycles. The van der Waals surface area contributed by atoms with Crippen molar-refractivity contribution in [1.82, 2.24) is 9.47 Å². The summed E-state index contributed by atoms with van der Waals surface area (Å²) in [6.07, 6.45) is 2.92. The van der Waals surface area contributed by atoms with Gasteiger partial charge in [-0.15, -0.1) is 0 Å². The summed E-state index contributed by atoms with van der Waals surface area (Å²) < 4.78 is 6.75. The van der Waals surface area contributed by atoms with Gasteiger partial charge < -0.3 is 19.5 Å². The number of benzene rings is 1. The van der Waals surface area contributed by atoms with Crippen LogP contribution in [0.5, 0.6) is 0 Å². The standard InChI is InChI=1S/C22H29N3O4/c1-4-29-21(27)16-9-11-24(12-10-16)22(28)23-19-14-25(13-15(2)3)20(26)18-8-6-5-7-17(18)19/h5-8,14-16H,4,9-13H2,1-3H3,(H,23,28). The molecular weight excluding hydrogens is 370 g/mol. The quantitative estimate of drug-likeness (QED) is 0.781. The number of rotatable bonds is 5. The second kappa shape index (κ2) is 9.11. The maximum Gasteiger partial charge on any atom is 0.321 e. The SMILES string of the molecule is CCOC(=O)C1CCN(C(=O)Nc2cn(CC(C)C)c(=O)c3ccccc23)CC1.